The summed E-state index contributed by atoms with van der Waals surface area (Å²) in [6, 6.07) is 4.19. The van der Waals surface area contributed by atoms with Crippen LogP contribution in [0.1, 0.15) is 23.1 Å². The molecule has 1 fully saturated rings. The number of nitrogens with zero attached hydrogens (tertiary/aromatic N) is 1. The summed E-state index contributed by atoms with van der Waals surface area (Å²) in [5.41, 5.74) is 8.95. The first-order valence-corrected chi connectivity index (χ1v) is 6.74. The van der Waals surface area contributed by atoms with Crippen LogP contribution in [0.4, 0.5) is 0 Å². The first-order valence-electron chi connectivity index (χ1n) is 6.74. The molecule has 0 radical (unpaired) electrons. The average Bonchev–Trinajstić information content (AvgIpc) is 2.66. The largest absolute Gasteiger partial charge is 0.480 e. The minimum Gasteiger partial charge on any atom is -0.480 e. The monoisotopic (exact) mass is 262 g/mol. The van der Waals surface area contributed by atoms with Gasteiger partial charge in [0, 0.05) is 20.0 Å². The number of rotatable bonds is 4. The number of nitrogens with two attached hydrogens (primary N) is 1. The Balaban J connectivity index is 2.19. The van der Waals surface area contributed by atoms with Gasteiger partial charge in [-0.15, -0.1) is 0 Å². The Hall–Kier alpha value is -1.55. The summed E-state index contributed by atoms with van der Waals surface area (Å²) in [5, 5.41) is 0. The van der Waals surface area contributed by atoms with Crippen molar-refractivity contribution in [3.63, 3.8) is 0 Å². The minimum atomic E-state index is -0.331. The van der Waals surface area contributed by atoms with Gasteiger partial charge in [0.25, 0.3) is 5.91 Å². The molecule has 1 aromatic carbocycles. The molecule has 1 amide bonds. The molecule has 0 aromatic heterocycles. The van der Waals surface area contributed by atoms with Gasteiger partial charge in [0.05, 0.1) is 0 Å². The number of carbonyl (C=O) groups is 1. The van der Waals surface area contributed by atoms with E-state index in [2.05, 4.69) is 12.1 Å². The fourth-order valence-corrected chi connectivity index (χ4v) is 2.58. The van der Waals surface area contributed by atoms with Crippen LogP contribution < -0.4 is 10.5 Å². The number of likely N-dealkylation sites (tertiary alicyclic amines) is 1. The highest BCUT2D eigenvalue weighted by Gasteiger charge is 2.31. The zero-order chi connectivity index (χ0) is 14.0. The van der Waals surface area contributed by atoms with Crippen LogP contribution in [0.25, 0.3) is 0 Å². The molecule has 1 heterocycles. The summed E-state index contributed by atoms with van der Waals surface area (Å²) in [7, 11) is 1.82. The Labute approximate surface area is 114 Å². The lowest BCUT2D eigenvalue weighted by molar-refractivity contribution is -0.132. The summed E-state index contributed by atoms with van der Waals surface area (Å²) < 4.78 is 5.93. The molecule has 1 unspecified atom stereocenters. The van der Waals surface area contributed by atoms with Gasteiger partial charge in [0.2, 0.25) is 0 Å². The molecule has 1 aromatic rings. The predicted molar refractivity (Wildman–Crippen MR) is 75.3 cm³/mol. The molecule has 2 N–H and O–H groups in total. The lowest BCUT2D eigenvalue weighted by Crippen LogP contribution is -2.29. The number of hydrogen-bond acceptors (Lipinski definition) is 3. The first-order chi connectivity index (χ1) is 9.02. The number of carbonyl (C=O) groups excluding carboxylic acids is 1. The van der Waals surface area contributed by atoms with E-state index in [4.69, 9.17) is 10.5 Å². The summed E-state index contributed by atoms with van der Waals surface area (Å²) in [4.78, 5) is 13.6. The lowest BCUT2D eigenvalue weighted by Gasteiger charge is -2.18. The van der Waals surface area contributed by atoms with Crippen molar-refractivity contribution in [2.75, 3.05) is 20.1 Å². The number of ether oxygens (including phenoxy) is 1. The second-order valence-electron chi connectivity index (χ2n) is 5.25. The van der Waals surface area contributed by atoms with E-state index in [1.165, 1.54) is 5.56 Å². The van der Waals surface area contributed by atoms with Crippen molar-refractivity contribution in [3.8, 4) is 5.75 Å². The van der Waals surface area contributed by atoms with Gasteiger partial charge in [-0.1, -0.05) is 12.1 Å². The number of hydrogen-bond donors (Lipinski definition) is 1. The smallest absolute Gasteiger partial charge is 0.263 e. The normalized spacial score (nSPS) is 19.1. The van der Waals surface area contributed by atoms with Crippen molar-refractivity contribution in [3.05, 3.63) is 28.8 Å². The standard InChI is InChI=1S/C15H22N2O2/c1-10-8-12(4-6-16)9-11(2)14(10)19-13-5-7-17(3)15(13)18/h8-9,13H,4-7,16H2,1-3H3. The zero-order valence-corrected chi connectivity index (χ0v) is 11.9. The zero-order valence-electron chi connectivity index (χ0n) is 11.9. The average molecular weight is 262 g/mol. The van der Waals surface area contributed by atoms with Crippen LogP contribution >= 0.6 is 0 Å². The summed E-state index contributed by atoms with van der Waals surface area (Å²) in [6.45, 7) is 5.45. The summed E-state index contributed by atoms with van der Waals surface area (Å²) >= 11 is 0. The van der Waals surface area contributed by atoms with Gasteiger partial charge >= 0.3 is 0 Å². The molecule has 0 spiro atoms. The fraction of sp³-hybridized carbons (Fsp3) is 0.533. The maximum absolute atomic E-state index is 11.9. The highest BCUT2D eigenvalue weighted by Crippen LogP contribution is 2.28. The third kappa shape index (κ3) is 2.89. The summed E-state index contributed by atoms with van der Waals surface area (Å²) in [6.07, 6.45) is 1.30. The second kappa shape index (κ2) is 5.61. The minimum absolute atomic E-state index is 0.0739. The second-order valence-corrected chi connectivity index (χ2v) is 5.25. The number of amides is 1. The van der Waals surface area contributed by atoms with E-state index in [0.717, 1.165) is 36.3 Å². The molecule has 4 nitrogen and oxygen atoms in total. The van der Waals surface area contributed by atoms with E-state index >= 15 is 0 Å². The van der Waals surface area contributed by atoms with E-state index in [0.29, 0.717) is 6.54 Å². The molecule has 1 aliphatic rings. The van der Waals surface area contributed by atoms with Crippen molar-refractivity contribution in [1.29, 1.82) is 0 Å². The molecule has 1 aliphatic heterocycles. The van der Waals surface area contributed by atoms with Gasteiger partial charge in [-0.05, 0) is 43.5 Å². The fourth-order valence-electron chi connectivity index (χ4n) is 2.58. The van der Waals surface area contributed by atoms with Crippen LogP contribution in [0, 0.1) is 13.8 Å². The van der Waals surface area contributed by atoms with Gasteiger partial charge in [0.1, 0.15) is 5.75 Å². The Bertz CT molecular complexity index is 462. The SMILES string of the molecule is Cc1cc(CCN)cc(C)c1OC1CCN(C)C1=O. The number of benzene rings is 1. The molecule has 0 saturated carbocycles. The Morgan fingerprint density at radius 1 is 1.37 bits per heavy atom. The molecule has 1 saturated heterocycles. The van der Waals surface area contributed by atoms with Gasteiger partial charge in [0.15, 0.2) is 6.10 Å². The lowest BCUT2D eigenvalue weighted by atomic mass is 10.0. The van der Waals surface area contributed by atoms with Gasteiger partial charge in [-0.25, -0.2) is 0 Å². The number of aryl methyl sites for hydroxylation is 2. The Morgan fingerprint density at radius 2 is 2.00 bits per heavy atom. The van der Waals surface area contributed by atoms with Crippen LogP contribution in [0.5, 0.6) is 5.75 Å². The highest BCUT2D eigenvalue weighted by molar-refractivity contribution is 5.83. The van der Waals surface area contributed by atoms with Gasteiger partial charge in [-0.3, -0.25) is 4.79 Å². The number of likely N-dealkylation sites (N-methyl/N-ethyl adjacent to an activating group) is 1. The van der Waals surface area contributed by atoms with E-state index in [-0.39, 0.29) is 12.0 Å². The van der Waals surface area contributed by atoms with E-state index in [9.17, 15) is 4.79 Å². The molecular weight excluding hydrogens is 240 g/mol. The molecule has 104 valence electrons. The van der Waals surface area contributed by atoms with Crippen LogP contribution in [0.2, 0.25) is 0 Å². The molecule has 0 aliphatic carbocycles. The van der Waals surface area contributed by atoms with Crippen LogP contribution in [-0.4, -0.2) is 37.0 Å². The van der Waals surface area contributed by atoms with Crippen LogP contribution in [-0.2, 0) is 11.2 Å². The van der Waals surface area contributed by atoms with Gasteiger partial charge < -0.3 is 15.4 Å². The Kier molecular flexibility index (Phi) is 4.10. The molecule has 0 bridgehead atoms. The third-order valence-electron chi connectivity index (χ3n) is 3.59. The Morgan fingerprint density at radius 3 is 2.47 bits per heavy atom. The predicted octanol–water partition coefficient (Wildman–Crippen LogP) is 1.41. The summed E-state index contributed by atoms with van der Waals surface area (Å²) in [5.74, 6) is 0.916. The van der Waals surface area contributed by atoms with Crippen molar-refractivity contribution in [1.82, 2.24) is 4.90 Å². The van der Waals surface area contributed by atoms with Gasteiger partial charge in [-0.2, -0.15) is 0 Å². The van der Waals surface area contributed by atoms with E-state index in [1.54, 1.807) is 4.90 Å². The molecular formula is C15H22N2O2. The van der Waals surface area contributed by atoms with Crippen molar-refractivity contribution >= 4 is 5.91 Å². The van der Waals surface area contributed by atoms with Crippen molar-refractivity contribution < 1.29 is 9.53 Å². The third-order valence-corrected chi connectivity index (χ3v) is 3.59. The molecule has 19 heavy (non-hydrogen) atoms. The molecule has 1 atom stereocenters. The van der Waals surface area contributed by atoms with E-state index in [1.807, 2.05) is 20.9 Å². The molecule has 4 heteroatoms. The topological polar surface area (TPSA) is 55.6 Å². The van der Waals surface area contributed by atoms with Crippen molar-refractivity contribution in [2.45, 2.75) is 32.8 Å². The first kappa shape index (κ1) is 13.9. The van der Waals surface area contributed by atoms with Crippen LogP contribution in [0.3, 0.4) is 0 Å². The quantitative estimate of drug-likeness (QED) is 0.892. The highest BCUT2D eigenvalue weighted by atomic mass is 16.5. The maximum atomic E-state index is 11.9. The van der Waals surface area contributed by atoms with Crippen molar-refractivity contribution in [2.24, 2.45) is 5.73 Å². The molecule has 2 rings (SSSR count). The maximum Gasteiger partial charge on any atom is 0.263 e. The van der Waals surface area contributed by atoms with E-state index < -0.39 is 0 Å². The van der Waals surface area contributed by atoms with Crippen LogP contribution in [0.15, 0.2) is 12.1 Å².